The standard InChI is InChI=1S/C14H30N2/c1-3-4-5-6-8-12(2)16-14-10-7-9-13(15)11-14/h12-14,16H,3-11,15H2,1-2H3. The van der Waals surface area contributed by atoms with Crippen LogP contribution in [0.25, 0.3) is 0 Å². The zero-order chi connectivity index (χ0) is 11.8. The summed E-state index contributed by atoms with van der Waals surface area (Å²) in [5, 5.41) is 3.75. The van der Waals surface area contributed by atoms with E-state index in [4.69, 9.17) is 5.73 Å². The summed E-state index contributed by atoms with van der Waals surface area (Å²) in [5.74, 6) is 0. The molecule has 1 fully saturated rings. The van der Waals surface area contributed by atoms with Crippen LogP contribution in [0.2, 0.25) is 0 Å². The molecule has 0 aliphatic heterocycles. The Kier molecular flexibility index (Phi) is 7.06. The molecule has 0 spiro atoms. The lowest BCUT2D eigenvalue weighted by molar-refractivity contribution is 0.308. The van der Waals surface area contributed by atoms with Crippen molar-refractivity contribution in [1.29, 1.82) is 0 Å². The fourth-order valence-electron chi connectivity index (χ4n) is 2.74. The van der Waals surface area contributed by atoms with Gasteiger partial charge in [-0.2, -0.15) is 0 Å². The Hall–Kier alpha value is -0.0800. The van der Waals surface area contributed by atoms with Gasteiger partial charge in [-0.05, 0) is 32.6 Å². The molecule has 3 atom stereocenters. The van der Waals surface area contributed by atoms with Gasteiger partial charge in [0.05, 0.1) is 0 Å². The normalized spacial score (nSPS) is 27.9. The molecule has 0 amide bonds. The summed E-state index contributed by atoms with van der Waals surface area (Å²) in [6, 6.07) is 1.80. The molecule has 1 aliphatic rings. The Morgan fingerprint density at radius 2 is 2.06 bits per heavy atom. The van der Waals surface area contributed by atoms with Crippen molar-refractivity contribution in [2.45, 2.75) is 89.8 Å². The fourth-order valence-corrected chi connectivity index (χ4v) is 2.74. The topological polar surface area (TPSA) is 38.0 Å². The summed E-state index contributed by atoms with van der Waals surface area (Å²) >= 11 is 0. The zero-order valence-corrected chi connectivity index (χ0v) is 11.2. The molecule has 0 radical (unpaired) electrons. The van der Waals surface area contributed by atoms with E-state index in [0.717, 1.165) is 0 Å². The smallest absolute Gasteiger partial charge is 0.00842 e. The summed E-state index contributed by atoms with van der Waals surface area (Å²) in [6.45, 7) is 4.59. The van der Waals surface area contributed by atoms with Gasteiger partial charge in [-0.25, -0.2) is 0 Å². The molecule has 16 heavy (non-hydrogen) atoms. The molecule has 1 rings (SSSR count). The average Bonchev–Trinajstić information content (AvgIpc) is 2.24. The monoisotopic (exact) mass is 226 g/mol. The van der Waals surface area contributed by atoms with Crippen LogP contribution in [0.5, 0.6) is 0 Å². The van der Waals surface area contributed by atoms with Gasteiger partial charge in [-0.1, -0.05) is 39.0 Å². The highest BCUT2D eigenvalue weighted by atomic mass is 14.9. The first-order chi connectivity index (χ1) is 7.72. The first kappa shape index (κ1) is 14.0. The van der Waals surface area contributed by atoms with E-state index in [-0.39, 0.29) is 0 Å². The number of rotatable bonds is 7. The molecular formula is C14H30N2. The minimum Gasteiger partial charge on any atom is -0.328 e. The number of nitrogens with two attached hydrogens (primary N) is 1. The number of unbranched alkanes of at least 4 members (excludes halogenated alkanes) is 3. The van der Waals surface area contributed by atoms with Gasteiger partial charge in [0.1, 0.15) is 0 Å². The van der Waals surface area contributed by atoms with E-state index in [2.05, 4.69) is 19.2 Å². The lowest BCUT2D eigenvalue weighted by Crippen LogP contribution is -2.43. The summed E-state index contributed by atoms with van der Waals surface area (Å²) in [5.41, 5.74) is 6.00. The summed E-state index contributed by atoms with van der Waals surface area (Å²) in [4.78, 5) is 0. The number of hydrogen-bond donors (Lipinski definition) is 2. The van der Waals surface area contributed by atoms with Crippen molar-refractivity contribution in [3.05, 3.63) is 0 Å². The lowest BCUT2D eigenvalue weighted by Gasteiger charge is -2.30. The first-order valence-corrected chi connectivity index (χ1v) is 7.24. The molecule has 0 bridgehead atoms. The molecule has 0 aromatic heterocycles. The minimum atomic E-state index is 0.443. The van der Waals surface area contributed by atoms with Crippen LogP contribution in [0, 0.1) is 0 Å². The van der Waals surface area contributed by atoms with Crippen LogP contribution in [0.15, 0.2) is 0 Å². The predicted octanol–water partition coefficient (Wildman–Crippen LogP) is 3.20. The maximum Gasteiger partial charge on any atom is 0.00842 e. The minimum absolute atomic E-state index is 0.443. The van der Waals surface area contributed by atoms with Crippen molar-refractivity contribution in [2.24, 2.45) is 5.73 Å². The van der Waals surface area contributed by atoms with Gasteiger partial charge in [0, 0.05) is 18.1 Å². The lowest BCUT2D eigenvalue weighted by atomic mass is 9.91. The molecule has 1 saturated carbocycles. The van der Waals surface area contributed by atoms with Crippen LogP contribution in [0.1, 0.15) is 71.6 Å². The maximum atomic E-state index is 6.00. The van der Waals surface area contributed by atoms with Gasteiger partial charge >= 0.3 is 0 Å². The van der Waals surface area contributed by atoms with E-state index in [1.807, 2.05) is 0 Å². The Bertz CT molecular complexity index is 170. The predicted molar refractivity (Wildman–Crippen MR) is 71.6 cm³/mol. The van der Waals surface area contributed by atoms with Crippen LogP contribution in [-0.2, 0) is 0 Å². The van der Waals surface area contributed by atoms with E-state index >= 15 is 0 Å². The molecule has 3 unspecified atom stereocenters. The Balaban J connectivity index is 2.06. The van der Waals surface area contributed by atoms with Gasteiger partial charge in [0.2, 0.25) is 0 Å². The molecular weight excluding hydrogens is 196 g/mol. The highest BCUT2D eigenvalue weighted by molar-refractivity contribution is 4.81. The van der Waals surface area contributed by atoms with Crippen molar-refractivity contribution in [3.8, 4) is 0 Å². The molecule has 2 heteroatoms. The van der Waals surface area contributed by atoms with Crippen LogP contribution in [0.4, 0.5) is 0 Å². The van der Waals surface area contributed by atoms with Gasteiger partial charge in [0.25, 0.3) is 0 Å². The SMILES string of the molecule is CCCCCCC(C)NC1CCCC(N)C1. The second kappa shape index (κ2) is 8.08. The van der Waals surface area contributed by atoms with Crippen LogP contribution < -0.4 is 11.1 Å². The quantitative estimate of drug-likeness (QED) is 0.654. The summed E-state index contributed by atoms with van der Waals surface area (Å²) in [6.07, 6.45) is 11.9. The summed E-state index contributed by atoms with van der Waals surface area (Å²) < 4.78 is 0. The molecule has 0 saturated heterocycles. The van der Waals surface area contributed by atoms with Crippen molar-refractivity contribution < 1.29 is 0 Å². The second-order valence-electron chi connectivity index (χ2n) is 5.54. The van der Waals surface area contributed by atoms with Crippen LogP contribution >= 0.6 is 0 Å². The van der Waals surface area contributed by atoms with Crippen molar-refractivity contribution in [2.75, 3.05) is 0 Å². The maximum absolute atomic E-state index is 6.00. The van der Waals surface area contributed by atoms with Crippen LogP contribution in [-0.4, -0.2) is 18.1 Å². The Morgan fingerprint density at radius 3 is 2.75 bits per heavy atom. The van der Waals surface area contributed by atoms with Gasteiger partial charge in [-0.15, -0.1) is 0 Å². The van der Waals surface area contributed by atoms with Gasteiger partial charge < -0.3 is 11.1 Å². The first-order valence-electron chi connectivity index (χ1n) is 7.24. The Morgan fingerprint density at radius 1 is 1.25 bits per heavy atom. The van der Waals surface area contributed by atoms with Crippen LogP contribution in [0.3, 0.4) is 0 Å². The number of nitrogens with one attached hydrogen (secondary N) is 1. The fraction of sp³-hybridized carbons (Fsp3) is 1.00. The molecule has 0 aromatic carbocycles. The third-order valence-electron chi connectivity index (χ3n) is 3.73. The van der Waals surface area contributed by atoms with Crippen molar-refractivity contribution >= 4 is 0 Å². The van der Waals surface area contributed by atoms with E-state index in [1.165, 1.54) is 57.8 Å². The van der Waals surface area contributed by atoms with Crippen molar-refractivity contribution in [1.82, 2.24) is 5.32 Å². The summed E-state index contributed by atoms with van der Waals surface area (Å²) in [7, 11) is 0. The third kappa shape index (κ3) is 5.86. The highest BCUT2D eigenvalue weighted by Crippen LogP contribution is 2.18. The molecule has 96 valence electrons. The van der Waals surface area contributed by atoms with Gasteiger partial charge in [0.15, 0.2) is 0 Å². The number of hydrogen-bond acceptors (Lipinski definition) is 2. The Labute approximate surface area is 101 Å². The zero-order valence-electron chi connectivity index (χ0n) is 11.2. The molecule has 3 N–H and O–H groups in total. The second-order valence-corrected chi connectivity index (χ2v) is 5.54. The van der Waals surface area contributed by atoms with E-state index in [0.29, 0.717) is 18.1 Å². The van der Waals surface area contributed by atoms with E-state index in [1.54, 1.807) is 0 Å². The van der Waals surface area contributed by atoms with E-state index in [9.17, 15) is 0 Å². The van der Waals surface area contributed by atoms with Crippen molar-refractivity contribution in [3.63, 3.8) is 0 Å². The third-order valence-corrected chi connectivity index (χ3v) is 3.73. The molecule has 1 aliphatic carbocycles. The molecule has 0 aromatic rings. The highest BCUT2D eigenvalue weighted by Gasteiger charge is 2.19. The average molecular weight is 226 g/mol. The van der Waals surface area contributed by atoms with Gasteiger partial charge in [-0.3, -0.25) is 0 Å². The molecule has 2 nitrogen and oxygen atoms in total. The largest absolute Gasteiger partial charge is 0.328 e. The molecule has 0 heterocycles. The van der Waals surface area contributed by atoms with E-state index < -0.39 is 0 Å².